The van der Waals surface area contributed by atoms with Crippen molar-refractivity contribution in [1.82, 2.24) is 0 Å². The van der Waals surface area contributed by atoms with E-state index in [1.807, 2.05) is 19.1 Å². The summed E-state index contributed by atoms with van der Waals surface area (Å²) in [5.41, 5.74) is 1.59. The van der Waals surface area contributed by atoms with Gasteiger partial charge in [0.2, 0.25) is 0 Å². The summed E-state index contributed by atoms with van der Waals surface area (Å²) in [7, 11) is 0. The lowest BCUT2D eigenvalue weighted by atomic mass is 10.1. The van der Waals surface area contributed by atoms with Crippen LogP contribution in [0.25, 0.3) is 0 Å². The molecule has 0 aromatic heterocycles. The topological polar surface area (TPSA) is 98.5 Å². The molecule has 0 aliphatic rings. The van der Waals surface area contributed by atoms with Gasteiger partial charge in [0.15, 0.2) is 6.10 Å². The minimum Gasteiger partial charge on any atom is -0.449 e. The Morgan fingerprint density at radius 2 is 1.80 bits per heavy atom. The van der Waals surface area contributed by atoms with Crippen LogP contribution in [0.1, 0.15) is 28.4 Å². The van der Waals surface area contributed by atoms with Crippen molar-refractivity contribution >= 4 is 23.3 Å². The van der Waals surface area contributed by atoms with Gasteiger partial charge in [0.25, 0.3) is 11.6 Å². The number of carbonyl (C=O) groups excluding carboxylic acids is 2. The van der Waals surface area contributed by atoms with Crippen LogP contribution in [0.2, 0.25) is 0 Å². The molecule has 0 heterocycles. The number of amides is 1. The molecule has 0 saturated heterocycles. The Labute approximate surface area is 144 Å². The van der Waals surface area contributed by atoms with Crippen LogP contribution in [0.4, 0.5) is 11.4 Å². The molecule has 0 bridgehead atoms. The van der Waals surface area contributed by atoms with Gasteiger partial charge in [0, 0.05) is 17.3 Å². The van der Waals surface area contributed by atoms with Gasteiger partial charge in [-0.3, -0.25) is 14.9 Å². The summed E-state index contributed by atoms with van der Waals surface area (Å²) in [6.45, 7) is 4.75. The number of ether oxygens (including phenoxy) is 1. The molecule has 2 rings (SSSR count). The van der Waals surface area contributed by atoms with Crippen molar-refractivity contribution < 1.29 is 19.2 Å². The molecule has 7 heteroatoms. The second kappa shape index (κ2) is 7.57. The Morgan fingerprint density at radius 3 is 2.44 bits per heavy atom. The summed E-state index contributed by atoms with van der Waals surface area (Å²) >= 11 is 0. The maximum absolute atomic E-state index is 12.2. The van der Waals surface area contributed by atoms with Gasteiger partial charge in [0.1, 0.15) is 0 Å². The van der Waals surface area contributed by atoms with Gasteiger partial charge in [-0.2, -0.15) is 0 Å². The molecule has 0 radical (unpaired) electrons. The number of para-hydroxylation sites is 1. The van der Waals surface area contributed by atoms with Gasteiger partial charge < -0.3 is 10.1 Å². The zero-order chi connectivity index (χ0) is 18.6. The molecule has 25 heavy (non-hydrogen) atoms. The molecular formula is C18H18N2O5. The van der Waals surface area contributed by atoms with Gasteiger partial charge in [-0.15, -0.1) is 0 Å². The molecule has 2 aromatic rings. The zero-order valence-electron chi connectivity index (χ0n) is 14.1. The average molecular weight is 342 g/mol. The predicted molar refractivity (Wildman–Crippen MR) is 92.5 cm³/mol. The Kier molecular flexibility index (Phi) is 5.49. The molecule has 0 aliphatic heterocycles. The van der Waals surface area contributed by atoms with E-state index in [0.29, 0.717) is 5.69 Å². The Morgan fingerprint density at radius 1 is 1.12 bits per heavy atom. The highest BCUT2D eigenvalue weighted by atomic mass is 16.6. The number of nitrogens with zero attached hydrogens (tertiary/aromatic N) is 1. The molecule has 0 aliphatic carbocycles. The van der Waals surface area contributed by atoms with Crippen LogP contribution in [0.3, 0.4) is 0 Å². The van der Waals surface area contributed by atoms with Crippen molar-refractivity contribution in [3.63, 3.8) is 0 Å². The highest BCUT2D eigenvalue weighted by molar-refractivity contribution is 5.98. The molecular weight excluding hydrogens is 324 g/mol. The normalized spacial score (nSPS) is 11.5. The largest absolute Gasteiger partial charge is 0.449 e. The third kappa shape index (κ3) is 4.20. The number of benzene rings is 2. The molecule has 0 spiro atoms. The van der Waals surface area contributed by atoms with E-state index >= 15 is 0 Å². The summed E-state index contributed by atoms with van der Waals surface area (Å²) < 4.78 is 5.15. The SMILES string of the molecule is Cc1ccccc1NC(=O)C(C)OC(=O)c1cccc([N+](=O)[O-])c1C. The quantitative estimate of drug-likeness (QED) is 0.510. The van der Waals surface area contributed by atoms with E-state index in [1.54, 1.807) is 12.1 Å². The van der Waals surface area contributed by atoms with Gasteiger partial charge in [-0.05, 0) is 38.5 Å². The van der Waals surface area contributed by atoms with Crippen molar-refractivity contribution in [2.24, 2.45) is 0 Å². The van der Waals surface area contributed by atoms with Crippen LogP contribution >= 0.6 is 0 Å². The molecule has 0 saturated carbocycles. The van der Waals surface area contributed by atoms with Crippen LogP contribution in [0, 0.1) is 24.0 Å². The first-order chi connectivity index (χ1) is 11.8. The lowest BCUT2D eigenvalue weighted by molar-refractivity contribution is -0.385. The first kappa shape index (κ1) is 18.1. The van der Waals surface area contributed by atoms with Crippen molar-refractivity contribution in [2.75, 3.05) is 5.32 Å². The van der Waals surface area contributed by atoms with Crippen molar-refractivity contribution in [2.45, 2.75) is 26.9 Å². The predicted octanol–water partition coefficient (Wildman–Crippen LogP) is 3.40. The second-order valence-corrected chi connectivity index (χ2v) is 5.56. The highest BCUT2D eigenvalue weighted by Crippen LogP contribution is 2.22. The first-order valence-corrected chi connectivity index (χ1v) is 7.62. The smallest absolute Gasteiger partial charge is 0.339 e. The van der Waals surface area contributed by atoms with Crippen LogP contribution in [-0.2, 0) is 9.53 Å². The molecule has 2 aromatic carbocycles. The number of hydrogen-bond donors (Lipinski definition) is 1. The standard InChI is InChI=1S/C18H18N2O5/c1-11-7-4-5-9-15(11)19-17(21)13(3)25-18(22)14-8-6-10-16(12(14)2)20(23)24/h4-10,13H,1-3H3,(H,19,21). The fraction of sp³-hybridized carbons (Fsp3) is 0.222. The first-order valence-electron chi connectivity index (χ1n) is 7.62. The number of hydrogen-bond acceptors (Lipinski definition) is 5. The Hall–Kier alpha value is -3.22. The minimum absolute atomic E-state index is 0.0599. The summed E-state index contributed by atoms with van der Waals surface area (Å²) in [6.07, 6.45) is -1.05. The van der Waals surface area contributed by atoms with Crippen molar-refractivity contribution in [1.29, 1.82) is 0 Å². The lowest BCUT2D eigenvalue weighted by Crippen LogP contribution is -2.30. The number of nitrogens with one attached hydrogen (secondary N) is 1. The van der Waals surface area contributed by atoms with Gasteiger partial charge in [0.05, 0.1) is 10.5 Å². The van der Waals surface area contributed by atoms with Crippen LogP contribution in [-0.4, -0.2) is 22.9 Å². The van der Waals surface area contributed by atoms with Gasteiger partial charge in [-0.25, -0.2) is 4.79 Å². The number of nitro benzene ring substituents is 1. The fourth-order valence-electron chi connectivity index (χ4n) is 2.27. The van der Waals surface area contributed by atoms with Crippen LogP contribution in [0.15, 0.2) is 42.5 Å². The third-order valence-corrected chi connectivity index (χ3v) is 3.78. The highest BCUT2D eigenvalue weighted by Gasteiger charge is 2.23. The summed E-state index contributed by atoms with van der Waals surface area (Å²) in [4.78, 5) is 34.8. The number of anilines is 1. The summed E-state index contributed by atoms with van der Waals surface area (Å²) in [5, 5.41) is 13.6. The maximum Gasteiger partial charge on any atom is 0.339 e. The van der Waals surface area contributed by atoms with E-state index < -0.39 is 22.9 Å². The zero-order valence-corrected chi connectivity index (χ0v) is 14.1. The van der Waals surface area contributed by atoms with Gasteiger partial charge in [-0.1, -0.05) is 24.3 Å². The van der Waals surface area contributed by atoms with Gasteiger partial charge >= 0.3 is 5.97 Å². The average Bonchev–Trinajstić information content (AvgIpc) is 2.56. The van der Waals surface area contributed by atoms with E-state index in [1.165, 1.54) is 32.0 Å². The van der Waals surface area contributed by atoms with Crippen LogP contribution < -0.4 is 5.32 Å². The summed E-state index contributed by atoms with van der Waals surface area (Å²) in [6, 6.07) is 11.4. The fourth-order valence-corrected chi connectivity index (χ4v) is 2.27. The minimum atomic E-state index is -1.05. The van der Waals surface area contributed by atoms with Crippen LogP contribution in [0.5, 0.6) is 0 Å². The Balaban J connectivity index is 2.10. The van der Waals surface area contributed by atoms with E-state index in [2.05, 4.69) is 5.32 Å². The van der Waals surface area contributed by atoms with E-state index in [-0.39, 0.29) is 16.8 Å². The van der Waals surface area contributed by atoms with Crippen molar-refractivity contribution in [3.8, 4) is 0 Å². The van der Waals surface area contributed by atoms with E-state index in [0.717, 1.165) is 5.56 Å². The third-order valence-electron chi connectivity index (χ3n) is 3.78. The molecule has 1 atom stereocenters. The lowest BCUT2D eigenvalue weighted by Gasteiger charge is -2.15. The number of nitro groups is 1. The van der Waals surface area contributed by atoms with Crippen molar-refractivity contribution in [3.05, 3.63) is 69.3 Å². The summed E-state index contributed by atoms with van der Waals surface area (Å²) in [5.74, 6) is -1.26. The molecule has 0 fully saturated rings. The van der Waals surface area contributed by atoms with E-state index in [9.17, 15) is 19.7 Å². The molecule has 1 N–H and O–H groups in total. The number of esters is 1. The maximum atomic E-state index is 12.2. The number of aryl methyl sites for hydroxylation is 1. The monoisotopic (exact) mass is 342 g/mol. The van der Waals surface area contributed by atoms with E-state index in [4.69, 9.17) is 4.74 Å². The Bertz CT molecular complexity index is 832. The second-order valence-electron chi connectivity index (χ2n) is 5.56. The molecule has 130 valence electrons. The number of carbonyl (C=O) groups is 2. The number of rotatable bonds is 5. The molecule has 1 amide bonds. The molecule has 1 unspecified atom stereocenters. The molecule has 7 nitrogen and oxygen atoms in total.